The van der Waals surface area contributed by atoms with Gasteiger partial charge >= 0.3 is 0 Å². The number of carbonyl (C=O) groups excluding carboxylic acids is 1. The Labute approximate surface area is 299 Å². The number of fused-ring (bicyclic) bond motifs is 1. The molecule has 4 rings (SSSR count). The van der Waals surface area contributed by atoms with Gasteiger partial charge in [0.05, 0.1) is 28.2 Å². The van der Waals surface area contributed by atoms with Crippen LogP contribution in [0.1, 0.15) is 77.2 Å². The molecule has 48 heavy (non-hydrogen) atoms. The van der Waals surface area contributed by atoms with Crippen LogP contribution in [0.25, 0.3) is 10.8 Å². The molecule has 1 N–H and O–H groups in total. The van der Waals surface area contributed by atoms with E-state index in [1.165, 1.54) is 4.68 Å². The zero-order valence-corrected chi connectivity index (χ0v) is 32.3. The third-order valence-electron chi connectivity index (χ3n) is 8.93. The first kappa shape index (κ1) is 38.1. The molecule has 0 aliphatic heterocycles. The van der Waals surface area contributed by atoms with Crippen LogP contribution in [-0.4, -0.2) is 51.1 Å². The number of nitrogens with one attached hydrogen (secondary N) is 1. The van der Waals surface area contributed by atoms with Crippen LogP contribution in [0.2, 0.25) is 28.2 Å². The minimum Gasteiger partial charge on any atom is -0.417 e. The molecule has 260 valence electrons. The van der Waals surface area contributed by atoms with Gasteiger partial charge in [0.15, 0.2) is 13.5 Å². The predicted molar refractivity (Wildman–Crippen MR) is 201 cm³/mol. The summed E-state index contributed by atoms with van der Waals surface area (Å²) in [6, 6.07) is 12.7. The quantitative estimate of drug-likeness (QED) is 0.0657. The fraction of sp³-hybridized carbons (Fsp3) is 0.514. The second-order valence-corrected chi connectivity index (χ2v) is 20.4. The van der Waals surface area contributed by atoms with Gasteiger partial charge in [0, 0.05) is 42.8 Å². The van der Waals surface area contributed by atoms with Crippen LogP contribution in [0.15, 0.2) is 52.4 Å². The van der Waals surface area contributed by atoms with Crippen molar-refractivity contribution in [1.82, 2.24) is 24.5 Å². The summed E-state index contributed by atoms with van der Waals surface area (Å²) >= 11 is 13.8. The highest BCUT2D eigenvalue weighted by molar-refractivity contribution is 7.99. The van der Waals surface area contributed by atoms with Crippen LogP contribution in [-0.2, 0) is 29.2 Å². The van der Waals surface area contributed by atoms with Gasteiger partial charge in [-0.15, -0.1) is 10.2 Å². The first-order chi connectivity index (χ1) is 22.8. The third-order valence-corrected chi connectivity index (χ3v) is 15.1. The molecule has 9 nitrogen and oxygen atoms in total. The number of thioether (sulfide) groups is 1. The lowest BCUT2D eigenvalue weighted by molar-refractivity contribution is -0.116. The van der Waals surface area contributed by atoms with Crippen molar-refractivity contribution in [1.29, 1.82) is 0 Å². The molecular weight excluding hydrogens is 683 g/mol. The summed E-state index contributed by atoms with van der Waals surface area (Å²) in [7, 11) is -0.157. The number of aryl methyl sites for hydroxylation is 1. The smallest absolute Gasteiger partial charge is 0.274 e. The summed E-state index contributed by atoms with van der Waals surface area (Å²) in [5.74, 6) is 1.72. The maximum Gasteiger partial charge on any atom is 0.274 e. The van der Waals surface area contributed by atoms with Crippen molar-refractivity contribution >= 4 is 65.6 Å². The van der Waals surface area contributed by atoms with Crippen molar-refractivity contribution in [3.63, 3.8) is 0 Å². The summed E-state index contributed by atoms with van der Waals surface area (Å²) < 4.78 is 10.1. The highest BCUT2D eigenvalue weighted by atomic mass is 35.5. The van der Waals surface area contributed by atoms with Crippen LogP contribution in [0, 0.1) is 0 Å². The molecule has 2 aromatic heterocycles. The van der Waals surface area contributed by atoms with Gasteiger partial charge < -0.3 is 14.3 Å². The molecule has 0 spiro atoms. The van der Waals surface area contributed by atoms with Crippen molar-refractivity contribution in [2.75, 3.05) is 17.7 Å². The largest absolute Gasteiger partial charge is 0.417 e. The number of halogens is 2. The van der Waals surface area contributed by atoms with E-state index in [1.807, 2.05) is 24.3 Å². The number of rotatable bonds is 17. The first-order valence-electron chi connectivity index (χ1n) is 16.7. The van der Waals surface area contributed by atoms with E-state index < -0.39 is 8.32 Å². The molecule has 2 aromatic carbocycles. The summed E-state index contributed by atoms with van der Waals surface area (Å²) in [5, 5.41) is 20.2. The van der Waals surface area contributed by atoms with Crippen molar-refractivity contribution in [3.8, 4) is 0 Å². The normalized spacial score (nSPS) is 12.2. The van der Waals surface area contributed by atoms with Gasteiger partial charge in [-0.2, -0.15) is 5.10 Å². The molecule has 0 saturated heterocycles. The summed E-state index contributed by atoms with van der Waals surface area (Å²) in [4.78, 5) is 25.0. The van der Waals surface area contributed by atoms with Crippen LogP contribution >= 0.6 is 35.0 Å². The molecule has 0 atom stereocenters. The lowest BCUT2D eigenvalue weighted by Crippen LogP contribution is -2.41. The fourth-order valence-electron chi connectivity index (χ4n) is 5.09. The monoisotopic (exact) mass is 730 g/mol. The SMILES string of the molecule is Cn1nc(Cc2nnc(SCCCCCCCC(=O)Nc3ccc(Cl)cc3Cl)n2CCCO[Si](C)(C)C(C)(C)C)c2ccccc2c1=O. The van der Waals surface area contributed by atoms with Gasteiger partial charge in [0.2, 0.25) is 5.91 Å². The molecular formula is C35H48Cl2N6O3SSi. The zero-order chi connectivity index (χ0) is 34.9. The van der Waals surface area contributed by atoms with Gasteiger partial charge in [-0.25, -0.2) is 4.68 Å². The molecule has 2 heterocycles. The number of carbonyl (C=O) groups is 1. The number of hydrogen-bond acceptors (Lipinski definition) is 7. The molecule has 1 amide bonds. The Kier molecular flexibility index (Phi) is 13.7. The van der Waals surface area contributed by atoms with Crippen LogP contribution in [0.5, 0.6) is 0 Å². The van der Waals surface area contributed by atoms with Crippen molar-refractivity contribution in [3.05, 3.63) is 74.4 Å². The van der Waals surface area contributed by atoms with Gasteiger partial charge in [-0.1, -0.05) is 93.2 Å². The number of anilines is 1. The Hall–Kier alpha value is -2.70. The average molecular weight is 732 g/mol. The molecule has 13 heteroatoms. The highest BCUT2D eigenvalue weighted by Gasteiger charge is 2.36. The summed E-state index contributed by atoms with van der Waals surface area (Å²) in [6.45, 7) is 12.8. The first-order valence-corrected chi connectivity index (χ1v) is 21.3. The average Bonchev–Trinajstić information content (AvgIpc) is 3.40. The molecule has 0 aliphatic rings. The van der Waals surface area contributed by atoms with Crippen LogP contribution in [0.3, 0.4) is 0 Å². The minimum absolute atomic E-state index is 0.0412. The minimum atomic E-state index is -1.85. The Morgan fingerprint density at radius 3 is 2.42 bits per heavy atom. The topological polar surface area (TPSA) is 104 Å². The molecule has 0 bridgehead atoms. The van der Waals surface area contributed by atoms with Crippen molar-refractivity contribution in [2.24, 2.45) is 7.05 Å². The van der Waals surface area contributed by atoms with Gasteiger partial charge in [-0.3, -0.25) is 9.59 Å². The number of hydrogen-bond donors (Lipinski definition) is 1. The molecule has 0 fully saturated rings. The fourth-order valence-corrected chi connectivity index (χ4v) is 7.61. The van der Waals surface area contributed by atoms with Gasteiger partial charge in [-0.05, 0) is 61.7 Å². The molecule has 0 radical (unpaired) electrons. The second kappa shape index (κ2) is 17.3. The summed E-state index contributed by atoms with van der Waals surface area (Å²) in [5.41, 5.74) is 1.28. The lowest BCUT2D eigenvalue weighted by atomic mass is 10.1. The predicted octanol–water partition coefficient (Wildman–Crippen LogP) is 8.91. The number of amides is 1. The highest BCUT2D eigenvalue weighted by Crippen LogP contribution is 2.36. The Morgan fingerprint density at radius 2 is 1.69 bits per heavy atom. The van der Waals surface area contributed by atoms with Crippen molar-refractivity contribution in [2.45, 2.75) is 102 Å². The maximum absolute atomic E-state index is 12.7. The van der Waals surface area contributed by atoms with E-state index in [2.05, 4.69) is 59.0 Å². The molecule has 0 unspecified atom stereocenters. The van der Waals surface area contributed by atoms with Gasteiger partial charge in [0.1, 0.15) is 5.82 Å². The van der Waals surface area contributed by atoms with E-state index in [1.54, 1.807) is 37.0 Å². The third kappa shape index (κ3) is 10.4. The van der Waals surface area contributed by atoms with E-state index in [0.717, 1.165) is 72.9 Å². The molecule has 4 aromatic rings. The van der Waals surface area contributed by atoms with E-state index in [4.69, 9.17) is 27.6 Å². The Bertz CT molecular complexity index is 1750. The standard InChI is InChI=1S/C35H48Cl2N6O3SSi/c1-35(2,3)48(5,6)46-21-14-20-43-31(24-30-26-15-11-12-16-27(26)33(45)42(4)41-30)39-40-34(43)47-22-13-9-7-8-10-17-32(44)38-29-19-18-25(36)23-28(29)37/h11-12,15-16,18-19,23H,7-10,13-14,17,20-22,24H2,1-6H3,(H,38,44). The second-order valence-electron chi connectivity index (χ2n) is 13.6. The van der Waals surface area contributed by atoms with E-state index in [-0.39, 0.29) is 16.5 Å². The number of aromatic nitrogens is 5. The van der Waals surface area contributed by atoms with Crippen molar-refractivity contribution < 1.29 is 9.22 Å². The Balaban J connectivity index is 1.31. The van der Waals surface area contributed by atoms with Crippen LogP contribution < -0.4 is 10.9 Å². The van der Waals surface area contributed by atoms with Crippen LogP contribution in [0.4, 0.5) is 5.69 Å². The maximum atomic E-state index is 12.7. The zero-order valence-electron chi connectivity index (χ0n) is 28.9. The van der Waals surface area contributed by atoms with Gasteiger partial charge in [0.25, 0.3) is 5.56 Å². The molecule has 0 saturated carbocycles. The van der Waals surface area contributed by atoms with E-state index in [9.17, 15) is 9.59 Å². The molecule has 0 aliphatic carbocycles. The van der Waals surface area contributed by atoms with E-state index in [0.29, 0.717) is 40.6 Å². The van der Waals surface area contributed by atoms with E-state index >= 15 is 0 Å². The Morgan fingerprint density at radius 1 is 0.979 bits per heavy atom. The number of unbranched alkanes of at least 4 members (excludes halogenated alkanes) is 4. The number of nitrogens with zero attached hydrogens (tertiary/aromatic N) is 5. The number of benzene rings is 2. The lowest BCUT2D eigenvalue weighted by Gasteiger charge is -2.36. The summed E-state index contributed by atoms with van der Waals surface area (Å²) in [6.07, 6.45) is 6.78.